The fraction of sp³-hybridized carbons (Fsp3) is 0.250. The van der Waals surface area contributed by atoms with E-state index in [1.807, 2.05) is 48.5 Å². The van der Waals surface area contributed by atoms with E-state index in [4.69, 9.17) is 21.7 Å². The van der Waals surface area contributed by atoms with Gasteiger partial charge in [-0.15, -0.1) is 0 Å². The van der Waals surface area contributed by atoms with Gasteiger partial charge in [0, 0.05) is 7.11 Å². The standard InChI is InChI=1S/C20H19NO4S2/c1-13(19(23)25-11-10-24-2)21-18(22)17(27-20(21)26)12-15-8-5-7-14-6-3-4-9-16(14)15/h3-9,12-13H,10-11H2,1-2H3/b17-12-/t13-/m0/s1. The zero-order valence-electron chi connectivity index (χ0n) is 15.0. The normalized spacial score (nSPS) is 17.0. The number of thiocarbonyl (C=S) groups is 1. The van der Waals surface area contributed by atoms with Crippen molar-refractivity contribution < 1.29 is 19.1 Å². The van der Waals surface area contributed by atoms with Crippen LogP contribution in [0.25, 0.3) is 16.8 Å². The minimum atomic E-state index is -0.784. The van der Waals surface area contributed by atoms with Gasteiger partial charge in [-0.2, -0.15) is 0 Å². The molecule has 140 valence electrons. The van der Waals surface area contributed by atoms with Crippen LogP contribution in [0.1, 0.15) is 12.5 Å². The molecule has 1 saturated heterocycles. The molecule has 1 heterocycles. The van der Waals surface area contributed by atoms with Crippen LogP contribution in [0.4, 0.5) is 0 Å². The molecule has 27 heavy (non-hydrogen) atoms. The number of esters is 1. The van der Waals surface area contributed by atoms with Crippen LogP contribution < -0.4 is 0 Å². The van der Waals surface area contributed by atoms with Crippen LogP contribution in [0.2, 0.25) is 0 Å². The highest BCUT2D eigenvalue weighted by Crippen LogP contribution is 2.35. The second-order valence-corrected chi connectivity index (χ2v) is 7.63. The van der Waals surface area contributed by atoms with Gasteiger partial charge in [0.05, 0.1) is 11.5 Å². The molecular formula is C20H19NO4S2. The number of nitrogens with zero attached hydrogens (tertiary/aromatic N) is 1. The lowest BCUT2D eigenvalue weighted by molar-refractivity contribution is -0.151. The summed E-state index contributed by atoms with van der Waals surface area (Å²) in [6.45, 7) is 2.05. The Morgan fingerprint density at radius 2 is 1.96 bits per heavy atom. The van der Waals surface area contributed by atoms with Crippen LogP contribution in [-0.2, 0) is 19.1 Å². The number of carbonyl (C=O) groups excluding carboxylic acids is 2. The predicted octanol–water partition coefficient (Wildman–Crippen LogP) is 3.62. The summed E-state index contributed by atoms with van der Waals surface area (Å²) in [5.41, 5.74) is 0.934. The average Bonchev–Trinajstić information content (AvgIpc) is 2.95. The van der Waals surface area contributed by atoms with Gasteiger partial charge in [-0.25, -0.2) is 4.79 Å². The van der Waals surface area contributed by atoms with Gasteiger partial charge < -0.3 is 9.47 Å². The van der Waals surface area contributed by atoms with E-state index < -0.39 is 12.0 Å². The fourth-order valence-electron chi connectivity index (χ4n) is 2.78. The molecule has 2 aromatic carbocycles. The van der Waals surface area contributed by atoms with Crippen molar-refractivity contribution in [1.29, 1.82) is 0 Å². The summed E-state index contributed by atoms with van der Waals surface area (Å²) in [7, 11) is 1.53. The Kier molecular flexibility index (Phi) is 6.26. The van der Waals surface area contributed by atoms with Crippen LogP contribution in [-0.4, -0.2) is 47.5 Å². The third-order valence-corrected chi connectivity index (χ3v) is 5.52. The minimum Gasteiger partial charge on any atom is -0.462 e. The van der Waals surface area contributed by atoms with Crippen LogP contribution in [0.3, 0.4) is 0 Å². The predicted molar refractivity (Wildman–Crippen MR) is 111 cm³/mol. The Hall–Kier alpha value is -2.22. The zero-order chi connectivity index (χ0) is 19.4. The molecule has 1 amide bonds. The number of amides is 1. The lowest BCUT2D eigenvalue weighted by atomic mass is 10.0. The third-order valence-electron chi connectivity index (χ3n) is 4.19. The smallest absolute Gasteiger partial charge is 0.329 e. The van der Waals surface area contributed by atoms with Gasteiger partial charge in [0.15, 0.2) is 0 Å². The van der Waals surface area contributed by atoms with Crippen molar-refractivity contribution >= 4 is 57.0 Å². The highest BCUT2D eigenvalue weighted by molar-refractivity contribution is 8.26. The highest BCUT2D eigenvalue weighted by atomic mass is 32.2. The van der Waals surface area contributed by atoms with Crippen molar-refractivity contribution in [3.8, 4) is 0 Å². The Balaban J connectivity index is 1.83. The van der Waals surface area contributed by atoms with Crippen molar-refractivity contribution in [2.75, 3.05) is 20.3 Å². The van der Waals surface area contributed by atoms with Crippen molar-refractivity contribution in [3.05, 3.63) is 52.9 Å². The van der Waals surface area contributed by atoms with Crippen molar-refractivity contribution in [1.82, 2.24) is 4.90 Å². The second-order valence-electron chi connectivity index (χ2n) is 5.96. The number of fused-ring (bicyclic) bond motifs is 1. The SMILES string of the molecule is COCCOC(=O)[C@H](C)N1C(=O)/C(=C/c2cccc3ccccc23)SC1=S. The monoisotopic (exact) mass is 401 g/mol. The van der Waals surface area contributed by atoms with Crippen molar-refractivity contribution in [2.24, 2.45) is 0 Å². The van der Waals surface area contributed by atoms with E-state index in [0.29, 0.717) is 15.8 Å². The molecule has 0 bridgehead atoms. The maximum atomic E-state index is 12.8. The number of carbonyl (C=O) groups is 2. The summed E-state index contributed by atoms with van der Waals surface area (Å²) in [4.78, 5) is 26.8. The van der Waals surface area contributed by atoms with E-state index in [9.17, 15) is 9.59 Å². The molecular weight excluding hydrogens is 382 g/mol. The van der Waals surface area contributed by atoms with Gasteiger partial charge in [-0.3, -0.25) is 9.69 Å². The molecule has 1 atom stereocenters. The molecule has 1 aliphatic heterocycles. The number of rotatable bonds is 6. The quantitative estimate of drug-likeness (QED) is 0.319. The van der Waals surface area contributed by atoms with Crippen molar-refractivity contribution in [2.45, 2.75) is 13.0 Å². The van der Waals surface area contributed by atoms with E-state index in [-0.39, 0.29) is 12.5 Å². The van der Waals surface area contributed by atoms with Crippen LogP contribution >= 0.6 is 24.0 Å². The van der Waals surface area contributed by atoms with Crippen LogP contribution in [0.15, 0.2) is 47.4 Å². The topological polar surface area (TPSA) is 55.8 Å². The Labute approximate surface area is 167 Å². The molecule has 0 aromatic heterocycles. The molecule has 0 N–H and O–H groups in total. The zero-order valence-corrected chi connectivity index (χ0v) is 16.6. The van der Waals surface area contributed by atoms with E-state index in [0.717, 1.165) is 16.3 Å². The lowest BCUT2D eigenvalue weighted by Gasteiger charge is -2.21. The van der Waals surface area contributed by atoms with E-state index in [1.54, 1.807) is 6.92 Å². The van der Waals surface area contributed by atoms with E-state index in [2.05, 4.69) is 0 Å². The third kappa shape index (κ3) is 4.21. The number of hydrogen-bond acceptors (Lipinski definition) is 6. The van der Waals surface area contributed by atoms with Crippen LogP contribution in [0, 0.1) is 0 Å². The summed E-state index contributed by atoms with van der Waals surface area (Å²) < 4.78 is 10.3. The van der Waals surface area contributed by atoms with Crippen molar-refractivity contribution in [3.63, 3.8) is 0 Å². The molecule has 0 aliphatic carbocycles. The summed E-state index contributed by atoms with van der Waals surface area (Å²) in [6.07, 6.45) is 1.82. The Bertz CT molecular complexity index is 920. The lowest BCUT2D eigenvalue weighted by Crippen LogP contribution is -2.42. The Morgan fingerprint density at radius 3 is 2.74 bits per heavy atom. The summed E-state index contributed by atoms with van der Waals surface area (Å²) in [6, 6.07) is 13.1. The molecule has 2 aromatic rings. The highest BCUT2D eigenvalue weighted by Gasteiger charge is 2.38. The maximum Gasteiger partial charge on any atom is 0.329 e. The molecule has 5 nitrogen and oxygen atoms in total. The first kappa shape index (κ1) is 19.5. The molecule has 1 fully saturated rings. The van der Waals surface area contributed by atoms with Gasteiger partial charge in [-0.1, -0.05) is 66.4 Å². The summed E-state index contributed by atoms with van der Waals surface area (Å²) >= 11 is 6.53. The largest absolute Gasteiger partial charge is 0.462 e. The number of ether oxygens (including phenoxy) is 2. The maximum absolute atomic E-state index is 12.8. The number of benzene rings is 2. The van der Waals surface area contributed by atoms with E-state index >= 15 is 0 Å². The average molecular weight is 402 g/mol. The van der Waals surface area contributed by atoms with Gasteiger partial charge in [-0.05, 0) is 29.3 Å². The second kappa shape index (κ2) is 8.65. The molecule has 7 heteroatoms. The molecule has 0 spiro atoms. The number of methoxy groups -OCH3 is 1. The summed E-state index contributed by atoms with van der Waals surface area (Å²) in [5, 5.41) is 2.15. The molecule has 0 unspecified atom stereocenters. The molecule has 0 radical (unpaired) electrons. The fourth-order valence-corrected chi connectivity index (χ4v) is 4.19. The first-order valence-corrected chi connectivity index (χ1v) is 9.66. The number of thioether (sulfide) groups is 1. The first-order chi connectivity index (χ1) is 13.0. The number of hydrogen-bond donors (Lipinski definition) is 0. The van der Waals surface area contributed by atoms with Gasteiger partial charge in [0.25, 0.3) is 5.91 Å². The van der Waals surface area contributed by atoms with Gasteiger partial charge >= 0.3 is 5.97 Å². The van der Waals surface area contributed by atoms with Gasteiger partial charge in [0.2, 0.25) is 0 Å². The molecule has 3 rings (SSSR count). The molecule has 0 saturated carbocycles. The van der Waals surface area contributed by atoms with E-state index in [1.165, 1.54) is 23.8 Å². The van der Waals surface area contributed by atoms with Crippen LogP contribution in [0.5, 0.6) is 0 Å². The minimum absolute atomic E-state index is 0.139. The first-order valence-electron chi connectivity index (χ1n) is 8.43. The summed E-state index contributed by atoms with van der Waals surface area (Å²) in [5.74, 6) is -0.788. The molecule has 1 aliphatic rings. The Morgan fingerprint density at radius 1 is 1.22 bits per heavy atom. The van der Waals surface area contributed by atoms with Gasteiger partial charge in [0.1, 0.15) is 17.0 Å².